The highest BCUT2D eigenvalue weighted by Crippen LogP contribution is 2.32. The van der Waals surface area contributed by atoms with Crippen molar-refractivity contribution < 1.29 is 29.6 Å². The van der Waals surface area contributed by atoms with E-state index in [1.165, 1.54) is 5.69 Å². The minimum atomic E-state index is -0.250. The lowest BCUT2D eigenvalue weighted by Crippen LogP contribution is -2.44. The number of benzene rings is 2. The number of aromatic amines is 1. The summed E-state index contributed by atoms with van der Waals surface area (Å²) in [5.41, 5.74) is 5.34. The molecule has 10 heteroatoms. The predicted molar refractivity (Wildman–Crippen MR) is 126 cm³/mol. The van der Waals surface area contributed by atoms with E-state index in [9.17, 15) is 0 Å². The molecule has 10 nitrogen and oxygen atoms in total. The number of imidazole rings is 1. The van der Waals surface area contributed by atoms with Crippen LogP contribution in [0.1, 0.15) is 5.56 Å². The molecule has 2 aromatic carbocycles. The summed E-state index contributed by atoms with van der Waals surface area (Å²) in [5.74, 6) is 1.51. The summed E-state index contributed by atoms with van der Waals surface area (Å²) in [7, 11) is 2.17. The smallest absolute Gasteiger partial charge is 0.290 e. The van der Waals surface area contributed by atoms with Crippen LogP contribution in [0.5, 0.6) is 5.75 Å². The lowest BCUT2D eigenvalue weighted by molar-refractivity contribution is -0.123. The number of H-pyrrole nitrogens is 1. The van der Waals surface area contributed by atoms with E-state index in [4.69, 9.17) is 34.6 Å². The molecule has 0 spiro atoms. The van der Waals surface area contributed by atoms with Gasteiger partial charge in [-0.2, -0.15) is 0 Å². The Morgan fingerprint density at radius 3 is 2.36 bits per heavy atom. The standard InChI is InChI=1S/C21H26N4O2.2CH2O2/c1-15-13-16(25-9-7-24(2)8-10-25)14-18-20(15)23-21(22-18)17-5-3-4-6-19(17)27-12-11-26;2*2-1-3/h3-6,13-14,26H,7-12H2,1-2H3,(H,22,23);2*1H,(H,2,3). The van der Waals surface area contributed by atoms with Crippen LogP contribution in [0.15, 0.2) is 36.4 Å². The molecule has 1 fully saturated rings. The molecular weight excluding hydrogens is 428 g/mol. The number of likely N-dealkylation sites (N-methyl/N-ethyl adjacent to an activating group) is 1. The van der Waals surface area contributed by atoms with Crippen molar-refractivity contribution in [2.75, 3.05) is 51.3 Å². The van der Waals surface area contributed by atoms with E-state index in [1.54, 1.807) is 0 Å². The number of nitrogens with zero attached hydrogens (tertiary/aromatic N) is 3. The van der Waals surface area contributed by atoms with E-state index in [2.05, 4.69) is 40.9 Å². The number of anilines is 1. The van der Waals surface area contributed by atoms with Gasteiger partial charge >= 0.3 is 0 Å². The van der Waals surface area contributed by atoms with Crippen molar-refractivity contribution in [3.8, 4) is 17.1 Å². The normalized spacial score (nSPS) is 13.4. The van der Waals surface area contributed by atoms with Crippen LogP contribution in [0.25, 0.3) is 22.4 Å². The molecule has 0 saturated carbocycles. The second-order valence-corrected chi connectivity index (χ2v) is 7.31. The van der Waals surface area contributed by atoms with Gasteiger partial charge in [-0.3, -0.25) is 9.59 Å². The quantitative estimate of drug-likeness (QED) is 0.423. The number of rotatable bonds is 5. The van der Waals surface area contributed by atoms with Crippen molar-refractivity contribution in [1.82, 2.24) is 14.9 Å². The molecule has 178 valence electrons. The number of para-hydroxylation sites is 1. The van der Waals surface area contributed by atoms with Crippen molar-refractivity contribution >= 4 is 29.7 Å². The van der Waals surface area contributed by atoms with Crippen molar-refractivity contribution in [2.24, 2.45) is 0 Å². The van der Waals surface area contributed by atoms with Crippen LogP contribution in [0.2, 0.25) is 0 Å². The Balaban J connectivity index is 0.000000582. The van der Waals surface area contributed by atoms with Crippen molar-refractivity contribution in [2.45, 2.75) is 6.92 Å². The molecule has 1 saturated heterocycles. The van der Waals surface area contributed by atoms with Crippen LogP contribution in [0, 0.1) is 6.92 Å². The van der Waals surface area contributed by atoms with Crippen LogP contribution in [0.4, 0.5) is 5.69 Å². The minimum absolute atomic E-state index is 0.0119. The molecule has 33 heavy (non-hydrogen) atoms. The molecule has 0 unspecified atom stereocenters. The molecule has 0 atom stereocenters. The van der Waals surface area contributed by atoms with E-state index in [-0.39, 0.29) is 26.2 Å². The molecule has 1 aliphatic rings. The van der Waals surface area contributed by atoms with Crippen LogP contribution < -0.4 is 9.64 Å². The molecule has 1 aliphatic heterocycles. The second kappa shape index (κ2) is 13.0. The van der Waals surface area contributed by atoms with Gasteiger partial charge in [0.1, 0.15) is 18.2 Å². The molecule has 0 radical (unpaired) electrons. The third-order valence-electron chi connectivity index (χ3n) is 5.12. The van der Waals surface area contributed by atoms with E-state index >= 15 is 0 Å². The highest BCUT2D eigenvalue weighted by atomic mass is 16.5. The third-order valence-corrected chi connectivity index (χ3v) is 5.12. The highest BCUT2D eigenvalue weighted by molar-refractivity contribution is 5.86. The minimum Gasteiger partial charge on any atom is -0.490 e. The first-order valence-electron chi connectivity index (χ1n) is 10.4. The molecule has 0 amide bonds. The average molecular weight is 459 g/mol. The number of nitrogens with one attached hydrogen (secondary N) is 1. The van der Waals surface area contributed by atoms with Crippen LogP contribution in [-0.2, 0) is 9.59 Å². The lowest BCUT2D eigenvalue weighted by atomic mass is 10.1. The summed E-state index contributed by atoms with van der Waals surface area (Å²) in [6.07, 6.45) is 0. The van der Waals surface area contributed by atoms with Gasteiger partial charge in [-0.05, 0) is 43.8 Å². The maximum absolute atomic E-state index is 9.05. The molecule has 0 bridgehead atoms. The predicted octanol–water partition coefficient (Wildman–Crippen LogP) is 2.06. The highest BCUT2D eigenvalue weighted by Gasteiger charge is 2.17. The summed E-state index contributed by atoms with van der Waals surface area (Å²) in [6.45, 7) is 6.12. The Morgan fingerprint density at radius 1 is 1.09 bits per heavy atom. The topological polar surface area (TPSA) is 139 Å². The van der Waals surface area contributed by atoms with Crippen LogP contribution >= 0.6 is 0 Å². The Hall–Kier alpha value is -3.63. The maximum atomic E-state index is 9.05. The van der Waals surface area contributed by atoms with Gasteiger partial charge in [-0.25, -0.2) is 4.98 Å². The number of hydrogen-bond acceptors (Lipinski definition) is 7. The number of carboxylic acid groups (broad SMARTS) is 2. The Kier molecular flexibility index (Phi) is 10.1. The van der Waals surface area contributed by atoms with Crippen LogP contribution in [0.3, 0.4) is 0 Å². The van der Waals surface area contributed by atoms with Gasteiger partial charge in [0, 0.05) is 31.9 Å². The zero-order chi connectivity index (χ0) is 24.2. The molecular formula is C23H30N4O6. The summed E-state index contributed by atoms with van der Waals surface area (Å²) in [4.78, 5) is 29.8. The fraction of sp³-hybridized carbons (Fsp3) is 0.348. The Morgan fingerprint density at radius 2 is 1.73 bits per heavy atom. The summed E-state index contributed by atoms with van der Waals surface area (Å²) < 4.78 is 5.67. The van der Waals surface area contributed by atoms with Gasteiger partial charge in [0.05, 0.1) is 23.2 Å². The molecule has 1 aromatic heterocycles. The molecule has 0 aliphatic carbocycles. The fourth-order valence-corrected chi connectivity index (χ4v) is 3.59. The number of aryl methyl sites for hydroxylation is 1. The van der Waals surface area contributed by atoms with Crippen LogP contribution in [-0.4, -0.2) is 89.6 Å². The van der Waals surface area contributed by atoms with E-state index in [0.29, 0.717) is 0 Å². The van der Waals surface area contributed by atoms with E-state index < -0.39 is 0 Å². The summed E-state index contributed by atoms with van der Waals surface area (Å²) in [5, 5.41) is 22.8. The van der Waals surface area contributed by atoms with Gasteiger partial charge in [0.25, 0.3) is 12.9 Å². The monoisotopic (exact) mass is 458 g/mol. The number of aromatic nitrogens is 2. The molecule has 3 aromatic rings. The number of aliphatic hydroxyl groups is 1. The number of piperazine rings is 1. The number of aliphatic hydroxyl groups excluding tert-OH is 1. The second-order valence-electron chi connectivity index (χ2n) is 7.31. The number of carbonyl (C=O) groups is 2. The van der Waals surface area contributed by atoms with Crippen molar-refractivity contribution in [1.29, 1.82) is 0 Å². The zero-order valence-corrected chi connectivity index (χ0v) is 18.8. The Bertz CT molecular complexity index is 1020. The number of ether oxygens (including phenoxy) is 1. The average Bonchev–Trinajstić information content (AvgIpc) is 3.24. The largest absolute Gasteiger partial charge is 0.490 e. The summed E-state index contributed by atoms with van der Waals surface area (Å²) >= 11 is 0. The van der Waals surface area contributed by atoms with E-state index in [0.717, 1.165) is 59.9 Å². The maximum Gasteiger partial charge on any atom is 0.290 e. The SMILES string of the molecule is Cc1cc(N2CCN(C)CC2)cc2[nH]c(-c3ccccc3OCCO)nc12.O=CO.O=CO. The third kappa shape index (κ3) is 6.93. The van der Waals surface area contributed by atoms with E-state index in [1.807, 2.05) is 24.3 Å². The first-order chi connectivity index (χ1) is 16.0. The molecule has 2 heterocycles. The van der Waals surface area contributed by atoms with Gasteiger partial charge in [0.15, 0.2) is 0 Å². The van der Waals surface area contributed by atoms with Gasteiger partial charge in [-0.1, -0.05) is 12.1 Å². The van der Waals surface area contributed by atoms with Crippen molar-refractivity contribution in [3.63, 3.8) is 0 Å². The molecule has 4 rings (SSSR count). The summed E-state index contributed by atoms with van der Waals surface area (Å²) in [6, 6.07) is 12.2. The first-order valence-corrected chi connectivity index (χ1v) is 10.4. The number of hydrogen-bond donors (Lipinski definition) is 4. The zero-order valence-electron chi connectivity index (χ0n) is 18.8. The van der Waals surface area contributed by atoms with Gasteiger partial charge in [0.2, 0.25) is 0 Å². The van der Waals surface area contributed by atoms with Gasteiger partial charge < -0.3 is 34.8 Å². The fourth-order valence-electron chi connectivity index (χ4n) is 3.59. The number of fused-ring (bicyclic) bond motifs is 1. The molecule has 4 N–H and O–H groups in total. The van der Waals surface area contributed by atoms with Crippen molar-refractivity contribution in [3.05, 3.63) is 42.0 Å². The Labute approximate surface area is 192 Å². The first kappa shape index (κ1) is 25.6. The lowest BCUT2D eigenvalue weighted by Gasteiger charge is -2.34. The van der Waals surface area contributed by atoms with Gasteiger partial charge in [-0.15, -0.1) is 0 Å².